The molecule has 6 heteroatoms. The lowest BCUT2D eigenvalue weighted by Gasteiger charge is -2.22. The minimum absolute atomic E-state index is 0.0935. The van der Waals surface area contributed by atoms with Crippen LogP contribution >= 0.6 is 11.3 Å². The predicted molar refractivity (Wildman–Crippen MR) is 82.6 cm³/mol. The van der Waals surface area contributed by atoms with Crippen LogP contribution in [-0.4, -0.2) is 25.0 Å². The van der Waals surface area contributed by atoms with E-state index >= 15 is 0 Å². The number of hydrogen-bond donors (Lipinski definition) is 2. The predicted octanol–water partition coefficient (Wildman–Crippen LogP) is 2.78. The van der Waals surface area contributed by atoms with Gasteiger partial charge in [-0.2, -0.15) is 5.26 Å². The number of ketones is 1. The van der Waals surface area contributed by atoms with E-state index in [0.717, 1.165) is 32.3 Å². The quantitative estimate of drug-likeness (QED) is 0.817. The fourth-order valence-corrected chi connectivity index (χ4v) is 3.66. The number of nitrogens with zero attached hydrogens (tertiary/aromatic N) is 1. The van der Waals surface area contributed by atoms with Crippen molar-refractivity contribution >= 4 is 27.8 Å². The van der Waals surface area contributed by atoms with E-state index in [4.69, 9.17) is 10.5 Å². The zero-order chi connectivity index (χ0) is 14.8. The Kier molecular flexibility index (Phi) is 4.13. The number of nitrogens with two attached hydrogens (primary N) is 1. The average Bonchev–Trinajstić information content (AvgIpc) is 3.30. The molecular formula is C15H19N3O2S. The van der Waals surface area contributed by atoms with Crippen molar-refractivity contribution < 1.29 is 9.53 Å². The summed E-state index contributed by atoms with van der Waals surface area (Å²) in [7, 11) is 0. The van der Waals surface area contributed by atoms with Crippen LogP contribution in [0, 0.1) is 17.2 Å². The maximum atomic E-state index is 12.2. The Morgan fingerprint density at radius 3 is 2.86 bits per heavy atom. The van der Waals surface area contributed by atoms with Crippen LogP contribution < -0.4 is 11.1 Å². The molecule has 1 unspecified atom stereocenters. The number of nitrogens with one attached hydrogen (secondary N) is 1. The lowest BCUT2D eigenvalue weighted by molar-refractivity contribution is 0.0248. The Morgan fingerprint density at radius 1 is 1.43 bits per heavy atom. The Labute approximate surface area is 128 Å². The van der Waals surface area contributed by atoms with Gasteiger partial charge in [0.25, 0.3) is 0 Å². The smallest absolute Gasteiger partial charge is 0.178 e. The number of hydrogen-bond acceptors (Lipinski definition) is 6. The third-order valence-corrected chi connectivity index (χ3v) is 5.17. The van der Waals surface area contributed by atoms with E-state index in [2.05, 4.69) is 11.4 Å². The average molecular weight is 305 g/mol. The van der Waals surface area contributed by atoms with Crippen LogP contribution in [0.4, 0.5) is 10.7 Å². The first kappa shape index (κ1) is 14.4. The third-order valence-electron chi connectivity index (χ3n) is 3.99. The Morgan fingerprint density at radius 2 is 2.24 bits per heavy atom. The summed E-state index contributed by atoms with van der Waals surface area (Å²) in [6.45, 7) is 1.46. The van der Waals surface area contributed by atoms with E-state index in [1.54, 1.807) is 0 Å². The Balaban J connectivity index is 1.73. The molecular weight excluding hydrogens is 286 g/mol. The lowest BCUT2D eigenvalue weighted by Crippen LogP contribution is -2.26. The Hall–Kier alpha value is -1.58. The highest BCUT2D eigenvalue weighted by molar-refractivity contribution is 7.19. The molecule has 1 saturated heterocycles. The number of thiophene rings is 1. The second-order valence-electron chi connectivity index (χ2n) is 5.67. The van der Waals surface area contributed by atoms with Crippen molar-refractivity contribution in [3.8, 4) is 6.07 Å². The molecule has 2 heterocycles. The summed E-state index contributed by atoms with van der Waals surface area (Å²) in [5, 5.41) is 13.2. The molecule has 21 heavy (non-hydrogen) atoms. The molecule has 1 saturated carbocycles. The molecule has 0 radical (unpaired) electrons. The summed E-state index contributed by atoms with van der Waals surface area (Å²) in [4.78, 5) is 12.7. The second-order valence-corrected chi connectivity index (χ2v) is 6.69. The van der Waals surface area contributed by atoms with Gasteiger partial charge in [-0.15, -0.1) is 11.3 Å². The van der Waals surface area contributed by atoms with E-state index in [9.17, 15) is 10.1 Å². The molecule has 3 rings (SSSR count). The highest BCUT2D eigenvalue weighted by Gasteiger charge is 2.34. The zero-order valence-corrected chi connectivity index (χ0v) is 12.7. The first-order valence-electron chi connectivity index (χ1n) is 7.42. The van der Waals surface area contributed by atoms with Crippen LogP contribution in [0.5, 0.6) is 0 Å². The third kappa shape index (κ3) is 3.04. The maximum Gasteiger partial charge on any atom is 0.178 e. The molecule has 1 atom stereocenters. The molecule has 0 aromatic carbocycles. The molecule has 0 amide bonds. The molecule has 112 valence electrons. The molecule has 1 aromatic rings. The van der Waals surface area contributed by atoms with Crippen molar-refractivity contribution in [2.45, 2.75) is 38.2 Å². The molecule has 2 fully saturated rings. The molecule has 1 aromatic heterocycles. The fraction of sp³-hybridized carbons (Fsp3) is 0.600. The fourth-order valence-electron chi connectivity index (χ4n) is 2.57. The van der Waals surface area contributed by atoms with Gasteiger partial charge >= 0.3 is 0 Å². The number of nitrogen functional groups attached to an aromatic ring is 1. The van der Waals surface area contributed by atoms with Crippen LogP contribution in [0.2, 0.25) is 0 Å². The molecule has 1 aliphatic carbocycles. The minimum atomic E-state index is 0.0935. The van der Waals surface area contributed by atoms with Gasteiger partial charge < -0.3 is 15.8 Å². The zero-order valence-electron chi connectivity index (χ0n) is 11.9. The first-order valence-corrected chi connectivity index (χ1v) is 8.24. The highest BCUT2D eigenvalue weighted by atomic mass is 32.1. The summed E-state index contributed by atoms with van der Waals surface area (Å²) in [6, 6.07) is 2.12. The molecule has 0 bridgehead atoms. The maximum absolute atomic E-state index is 12.2. The topological polar surface area (TPSA) is 88.1 Å². The first-order chi connectivity index (χ1) is 10.2. The van der Waals surface area contributed by atoms with Crippen LogP contribution in [-0.2, 0) is 4.74 Å². The molecule has 5 nitrogen and oxygen atoms in total. The number of carbonyl (C=O) groups excluding carboxylic acids is 1. The number of nitriles is 1. The van der Waals surface area contributed by atoms with Crippen molar-refractivity contribution in [3.63, 3.8) is 0 Å². The lowest BCUT2D eigenvalue weighted by atomic mass is 10.1. The molecule has 0 spiro atoms. The van der Waals surface area contributed by atoms with Gasteiger partial charge in [0, 0.05) is 19.1 Å². The van der Waals surface area contributed by atoms with Gasteiger partial charge in [-0.25, -0.2) is 0 Å². The van der Waals surface area contributed by atoms with E-state index in [-0.39, 0.29) is 17.8 Å². The molecule has 1 aliphatic heterocycles. The van der Waals surface area contributed by atoms with Gasteiger partial charge in [0.15, 0.2) is 5.78 Å². The molecule has 2 aliphatic rings. The minimum Gasteiger partial charge on any atom is -0.396 e. The van der Waals surface area contributed by atoms with Crippen LogP contribution in [0.25, 0.3) is 0 Å². The van der Waals surface area contributed by atoms with Crippen LogP contribution in [0.3, 0.4) is 0 Å². The van der Waals surface area contributed by atoms with E-state index in [1.807, 2.05) is 0 Å². The highest BCUT2D eigenvalue weighted by Crippen LogP contribution is 2.41. The second kappa shape index (κ2) is 6.04. The van der Waals surface area contributed by atoms with E-state index < -0.39 is 0 Å². The van der Waals surface area contributed by atoms with Crippen molar-refractivity contribution in [3.05, 3.63) is 10.4 Å². The van der Waals surface area contributed by atoms with Crippen molar-refractivity contribution in [2.24, 2.45) is 5.92 Å². The van der Waals surface area contributed by atoms with Crippen molar-refractivity contribution in [2.75, 3.05) is 24.2 Å². The summed E-state index contributed by atoms with van der Waals surface area (Å²) < 4.78 is 5.67. The number of Topliss-reactive ketones (excluding diaryl/α,β-unsaturated/α-hetero) is 1. The number of carbonyl (C=O) groups is 1. The van der Waals surface area contributed by atoms with E-state index in [0.29, 0.717) is 27.7 Å². The van der Waals surface area contributed by atoms with Crippen molar-refractivity contribution in [1.82, 2.24) is 0 Å². The SMILES string of the molecule is N#Cc1c(NCC2CCCCO2)sc(C(=O)C2CC2)c1N. The van der Waals surface area contributed by atoms with Gasteiger partial charge in [-0.3, -0.25) is 4.79 Å². The largest absolute Gasteiger partial charge is 0.396 e. The molecule has 3 N–H and O–H groups in total. The summed E-state index contributed by atoms with van der Waals surface area (Å²) in [6.07, 6.45) is 5.38. The number of anilines is 2. The summed E-state index contributed by atoms with van der Waals surface area (Å²) in [5.74, 6) is 0.211. The van der Waals surface area contributed by atoms with Gasteiger partial charge in [0.1, 0.15) is 16.6 Å². The summed E-state index contributed by atoms with van der Waals surface area (Å²) >= 11 is 1.31. The van der Waals surface area contributed by atoms with Gasteiger partial charge in [-0.05, 0) is 32.1 Å². The van der Waals surface area contributed by atoms with Crippen molar-refractivity contribution in [1.29, 1.82) is 5.26 Å². The number of rotatable bonds is 5. The Bertz CT molecular complexity index is 580. The van der Waals surface area contributed by atoms with Crippen LogP contribution in [0.15, 0.2) is 0 Å². The summed E-state index contributed by atoms with van der Waals surface area (Å²) in [5.41, 5.74) is 6.73. The van der Waals surface area contributed by atoms with E-state index in [1.165, 1.54) is 17.8 Å². The van der Waals surface area contributed by atoms with Crippen LogP contribution in [0.1, 0.15) is 47.3 Å². The van der Waals surface area contributed by atoms with Gasteiger partial charge in [0.05, 0.1) is 16.7 Å². The standard InChI is InChI=1S/C15H19N3O2S/c16-7-11-12(17)14(13(19)9-4-5-9)21-15(11)18-8-10-3-1-2-6-20-10/h9-10,18H,1-6,8,17H2. The normalized spacial score (nSPS) is 21.8. The number of ether oxygens (including phenoxy) is 1. The van der Waals surface area contributed by atoms with Gasteiger partial charge in [-0.1, -0.05) is 0 Å². The van der Waals surface area contributed by atoms with Gasteiger partial charge in [0.2, 0.25) is 0 Å². The monoisotopic (exact) mass is 305 g/mol.